The van der Waals surface area contributed by atoms with Crippen molar-refractivity contribution in [1.29, 1.82) is 0 Å². The number of pyridine rings is 1. The summed E-state index contributed by atoms with van der Waals surface area (Å²) in [5.74, 6) is -0.978. The predicted octanol–water partition coefficient (Wildman–Crippen LogP) is 4.46. The van der Waals surface area contributed by atoms with Crippen molar-refractivity contribution in [3.05, 3.63) is 76.7 Å². The average Bonchev–Trinajstić information content (AvgIpc) is 3.18. The van der Waals surface area contributed by atoms with Crippen LogP contribution in [0.3, 0.4) is 0 Å². The minimum absolute atomic E-state index is 0.379. The SMILES string of the molecule is Cc1nc(-c2cccc(NC(=O)COC(=O)c3cccc4ncccc34)c2)cs1. The van der Waals surface area contributed by atoms with E-state index in [2.05, 4.69) is 15.3 Å². The maximum Gasteiger partial charge on any atom is 0.339 e. The minimum atomic E-state index is -0.564. The molecule has 144 valence electrons. The first-order chi connectivity index (χ1) is 14.1. The van der Waals surface area contributed by atoms with Gasteiger partial charge in [-0.2, -0.15) is 0 Å². The summed E-state index contributed by atoms with van der Waals surface area (Å²) < 4.78 is 5.20. The van der Waals surface area contributed by atoms with E-state index < -0.39 is 11.9 Å². The number of ether oxygens (including phenoxy) is 1. The Morgan fingerprint density at radius 1 is 1.10 bits per heavy atom. The molecule has 29 heavy (non-hydrogen) atoms. The third-order valence-electron chi connectivity index (χ3n) is 4.26. The Morgan fingerprint density at radius 3 is 2.79 bits per heavy atom. The summed E-state index contributed by atoms with van der Waals surface area (Å²) in [6.45, 7) is 1.57. The molecule has 4 aromatic rings. The van der Waals surface area contributed by atoms with Gasteiger partial charge in [-0.05, 0) is 37.3 Å². The highest BCUT2D eigenvalue weighted by atomic mass is 32.1. The van der Waals surface area contributed by atoms with E-state index in [-0.39, 0.29) is 6.61 Å². The maximum absolute atomic E-state index is 12.4. The fourth-order valence-corrected chi connectivity index (χ4v) is 3.56. The van der Waals surface area contributed by atoms with E-state index in [0.29, 0.717) is 22.2 Å². The number of thiazole rings is 1. The minimum Gasteiger partial charge on any atom is -0.452 e. The zero-order valence-electron chi connectivity index (χ0n) is 15.6. The number of nitrogens with one attached hydrogen (secondary N) is 1. The van der Waals surface area contributed by atoms with E-state index in [1.807, 2.05) is 36.6 Å². The second-order valence-corrected chi connectivity index (χ2v) is 7.39. The Hall–Kier alpha value is -3.58. The van der Waals surface area contributed by atoms with Crippen LogP contribution in [0.2, 0.25) is 0 Å². The van der Waals surface area contributed by atoms with Gasteiger partial charge in [0.1, 0.15) is 0 Å². The van der Waals surface area contributed by atoms with Crippen LogP contribution in [0.5, 0.6) is 0 Å². The van der Waals surface area contributed by atoms with Gasteiger partial charge in [-0.3, -0.25) is 9.78 Å². The van der Waals surface area contributed by atoms with Gasteiger partial charge in [0.2, 0.25) is 0 Å². The van der Waals surface area contributed by atoms with E-state index in [4.69, 9.17) is 4.74 Å². The highest BCUT2D eigenvalue weighted by Gasteiger charge is 2.14. The van der Waals surface area contributed by atoms with Gasteiger partial charge in [-0.15, -0.1) is 11.3 Å². The number of carbonyl (C=O) groups is 2. The number of fused-ring (bicyclic) bond motifs is 1. The van der Waals surface area contributed by atoms with E-state index in [0.717, 1.165) is 16.3 Å². The van der Waals surface area contributed by atoms with Crippen LogP contribution in [0, 0.1) is 6.92 Å². The van der Waals surface area contributed by atoms with Crippen LogP contribution in [-0.4, -0.2) is 28.5 Å². The average molecular weight is 403 g/mol. The molecule has 0 fully saturated rings. The largest absolute Gasteiger partial charge is 0.452 e. The lowest BCUT2D eigenvalue weighted by atomic mass is 10.1. The van der Waals surface area contributed by atoms with Crippen LogP contribution >= 0.6 is 11.3 Å². The van der Waals surface area contributed by atoms with Gasteiger partial charge in [0.05, 0.1) is 21.8 Å². The Morgan fingerprint density at radius 2 is 1.97 bits per heavy atom. The van der Waals surface area contributed by atoms with E-state index >= 15 is 0 Å². The first-order valence-electron chi connectivity index (χ1n) is 8.93. The summed E-state index contributed by atoms with van der Waals surface area (Å²) in [4.78, 5) is 33.3. The summed E-state index contributed by atoms with van der Waals surface area (Å²) in [7, 11) is 0. The Labute approximate surface area is 171 Å². The number of amides is 1. The highest BCUT2D eigenvalue weighted by Crippen LogP contribution is 2.24. The van der Waals surface area contributed by atoms with E-state index in [1.54, 1.807) is 47.9 Å². The van der Waals surface area contributed by atoms with Gasteiger partial charge in [-0.1, -0.05) is 24.3 Å². The van der Waals surface area contributed by atoms with Crippen molar-refractivity contribution in [2.75, 3.05) is 11.9 Å². The number of hydrogen-bond acceptors (Lipinski definition) is 6. The molecule has 2 aromatic carbocycles. The molecule has 1 N–H and O–H groups in total. The molecule has 0 saturated carbocycles. The van der Waals surface area contributed by atoms with Crippen LogP contribution in [0.4, 0.5) is 5.69 Å². The zero-order valence-corrected chi connectivity index (χ0v) is 16.4. The maximum atomic E-state index is 12.4. The second-order valence-electron chi connectivity index (χ2n) is 6.33. The van der Waals surface area contributed by atoms with Gasteiger partial charge in [0.15, 0.2) is 6.61 Å². The molecule has 0 atom stereocenters. The first kappa shape index (κ1) is 18.8. The molecule has 4 rings (SSSR count). The Kier molecular flexibility index (Phi) is 5.31. The van der Waals surface area contributed by atoms with Crippen molar-refractivity contribution in [2.45, 2.75) is 6.92 Å². The number of carbonyl (C=O) groups excluding carboxylic acids is 2. The lowest BCUT2D eigenvalue weighted by molar-refractivity contribution is -0.119. The molecule has 0 aliphatic heterocycles. The lowest BCUT2D eigenvalue weighted by Gasteiger charge is -2.09. The van der Waals surface area contributed by atoms with Crippen molar-refractivity contribution >= 4 is 39.8 Å². The zero-order chi connectivity index (χ0) is 20.2. The molecule has 0 bridgehead atoms. The van der Waals surface area contributed by atoms with Gasteiger partial charge >= 0.3 is 5.97 Å². The molecule has 1 amide bonds. The second kappa shape index (κ2) is 8.20. The van der Waals surface area contributed by atoms with Crippen LogP contribution in [0.1, 0.15) is 15.4 Å². The summed E-state index contributed by atoms with van der Waals surface area (Å²) in [6, 6.07) is 16.1. The molecule has 0 saturated heterocycles. The number of rotatable bonds is 5. The molecule has 0 unspecified atom stereocenters. The van der Waals surface area contributed by atoms with Gasteiger partial charge in [0, 0.05) is 28.2 Å². The topological polar surface area (TPSA) is 81.2 Å². The van der Waals surface area contributed by atoms with Crippen LogP contribution in [-0.2, 0) is 9.53 Å². The molecular weight excluding hydrogens is 386 g/mol. The molecular formula is C22H17N3O3S. The number of hydrogen-bond donors (Lipinski definition) is 1. The molecule has 0 aliphatic rings. The monoisotopic (exact) mass is 403 g/mol. The summed E-state index contributed by atoms with van der Waals surface area (Å²) in [6.07, 6.45) is 1.66. The highest BCUT2D eigenvalue weighted by molar-refractivity contribution is 7.09. The molecule has 2 aromatic heterocycles. The lowest BCUT2D eigenvalue weighted by Crippen LogP contribution is -2.21. The number of anilines is 1. The summed E-state index contributed by atoms with van der Waals surface area (Å²) in [5.41, 5.74) is 3.46. The standard InChI is InChI=1S/C22H17N3O3S/c1-14-24-20(13-29-14)15-5-2-6-16(11-15)25-21(26)12-28-22(27)18-7-3-9-19-17(18)8-4-10-23-19/h2-11,13H,12H2,1H3,(H,25,26). The number of nitrogens with zero attached hydrogens (tertiary/aromatic N) is 2. The molecule has 6 nitrogen and oxygen atoms in total. The van der Waals surface area contributed by atoms with Gasteiger partial charge in [-0.25, -0.2) is 9.78 Å². The first-order valence-corrected chi connectivity index (χ1v) is 9.81. The van der Waals surface area contributed by atoms with Crippen molar-refractivity contribution < 1.29 is 14.3 Å². The molecule has 0 radical (unpaired) electrons. The number of benzene rings is 2. The quantitative estimate of drug-likeness (QED) is 0.498. The Bertz CT molecular complexity index is 1200. The molecule has 2 heterocycles. The normalized spacial score (nSPS) is 10.7. The van der Waals surface area contributed by atoms with Crippen molar-refractivity contribution in [3.63, 3.8) is 0 Å². The smallest absolute Gasteiger partial charge is 0.339 e. The number of aryl methyl sites for hydroxylation is 1. The Balaban J connectivity index is 1.41. The van der Waals surface area contributed by atoms with E-state index in [1.165, 1.54) is 0 Å². The molecule has 7 heteroatoms. The van der Waals surface area contributed by atoms with Crippen molar-refractivity contribution in [3.8, 4) is 11.3 Å². The van der Waals surface area contributed by atoms with Crippen molar-refractivity contribution in [1.82, 2.24) is 9.97 Å². The van der Waals surface area contributed by atoms with E-state index in [9.17, 15) is 9.59 Å². The fraction of sp³-hybridized carbons (Fsp3) is 0.0909. The number of esters is 1. The van der Waals surface area contributed by atoms with Crippen LogP contribution in [0.25, 0.3) is 22.2 Å². The third kappa shape index (κ3) is 4.30. The summed E-state index contributed by atoms with van der Waals surface area (Å²) in [5, 5.41) is 6.38. The third-order valence-corrected chi connectivity index (χ3v) is 5.03. The van der Waals surface area contributed by atoms with Crippen LogP contribution < -0.4 is 5.32 Å². The predicted molar refractivity (Wildman–Crippen MR) is 113 cm³/mol. The summed E-state index contributed by atoms with van der Waals surface area (Å²) >= 11 is 1.57. The number of aromatic nitrogens is 2. The van der Waals surface area contributed by atoms with Crippen LogP contribution in [0.15, 0.2) is 66.2 Å². The van der Waals surface area contributed by atoms with Gasteiger partial charge < -0.3 is 10.1 Å². The van der Waals surface area contributed by atoms with Gasteiger partial charge in [0.25, 0.3) is 5.91 Å². The fourth-order valence-electron chi connectivity index (χ4n) is 2.94. The van der Waals surface area contributed by atoms with Crippen molar-refractivity contribution in [2.24, 2.45) is 0 Å². The molecule has 0 spiro atoms. The molecule has 0 aliphatic carbocycles.